The number of benzene rings is 2. The fourth-order valence-electron chi connectivity index (χ4n) is 2.87. The molecule has 0 spiro atoms. The molecule has 0 atom stereocenters. The summed E-state index contributed by atoms with van der Waals surface area (Å²) in [5, 5.41) is 6.80. The minimum Gasteiger partial charge on any atom is -0.480 e. The Bertz CT molecular complexity index is 1190. The molecule has 0 radical (unpaired) electrons. The molecule has 146 valence electrons. The molecule has 0 unspecified atom stereocenters. The molecule has 0 saturated carbocycles. The summed E-state index contributed by atoms with van der Waals surface area (Å²) in [6, 6.07) is 13.4. The largest absolute Gasteiger partial charge is 0.480 e. The average molecular weight is 394 g/mol. The lowest BCUT2D eigenvalue weighted by Gasteiger charge is -2.08. The Morgan fingerprint density at radius 2 is 1.90 bits per heavy atom. The number of carbonyl (C=O) groups excluding carboxylic acids is 1. The summed E-state index contributed by atoms with van der Waals surface area (Å²) in [4.78, 5) is 16.7. The summed E-state index contributed by atoms with van der Waals surface area (Å²) in [6.07, 6.45) is 1.69. The van der Waals surface area contributed by atoms with Crippen LogP contribution in [0, 0.1) is 11.6 Å². The van der Waals surface area contributed by atoms with Crippen molar-refractivity contribution in [3.8, 4) is 17.1 Å². The first kappa shape index (κ1) is 18.5. The van der Waals surface area contributed by atoms with E-state index >= 15 is 0 Å². The Kier molecular flexibility index (Phi) is 4.90. The predicted octanol–water partition coefficient (Wildman–Crippen LogP) is 3.86. The number of methoxy groups -OCH3 is 1. The molecule has 4 rings (SSSR count). The minimum absolute atomic E-state index is 0.00201. The van der Waals surface area contributed by atoms with Crippen LogP contribution in [-0.2, 0) is 11.2 Å². The van der Waals surface area contributed by atoms with E-state index in [1.807, 2.05) is 0 Å². The molecule has 2 aromatic heterocycles. The summed E-state index contributed by atoms with van der Waals surface area (Å²) >= 11 is 0. The van der Waals surface area contributed by atoms with E-state index in [4.69, 9.17) is 4.74 Å². The second kappa shape index (κ2) is 7.67. The monoisotopic (exact) mass is 394 g/mol. The Labute approximate surface area is 164 Å². The zero-order valence-electron chi connectivity index (χ0n) is 15.4. The average Bonchev–Trinajstić information content (AvgIpc) is 3.14. The quantitative estimate of drug-likeness (QED) is 0.558. The van der Waals surface area contributed by atoms with Gasteiger partial charge in [-0.15, -0.1) is 5.10 Å². The third-order valence-corrected chi connectivity index (χ3v) is 4.32. The number of halogens is 2. The number of imidazole rings is 1. The van der Waals surface area contributed by atoms with E-state index in [-0.39, 0.29) is 17.9 Å². The third kappa shape index (κ3) is 4.06. The van der Waals surface area contributed by atoms with Crippen molar-refractivity contribution >= 4 is 17.2 Å². The van der Waals surface area contributed by atoms with E-state index in [1.54, 1.807) is 28.9 Å². The van der Waals surface area contributed by atoms with Gasteiger partial charge in [0.15, 0.2) is 5.65 Å². The van der Waals surface area contributed by atoms with Gasteiger partial charge >= 0.3 is 0 Å². The number of nitrogens with zero attached hydrogens (tertiary/aromatic N) is 3. The molecule has 8 heteroatoms. The number of fused-ring (bicyclic) bond motifs is 1. The number of amides is 1. The number of rotatable bonds is 5. The Morgan fingerprint density at radius 3 is 2.66 bits per heavy atom. The van der Waals surface area contributed by atoms with Crippen molar-refractivity contribution < 1.29 is 18.3 Å². The van der Waals surface area contributed by atoms with E-state index < -0.39 is 11.7 Å². The van der Waals surface area contributed by atoms with Crippen molar-refractivity contribution in [1.29, 1.82) is 0 Å². The van der Waals surface area contributed by atoms with Crippen molar-refractivity contribution in [3.05, 3.63) is 78.0 Å². The normalized spacial score (nSPS) is 10.9. The standard InChI is InChI=1S/C21H16F2N4O2/c1-29-21-9-8-19-24-18(12-27(19)26-21)14-4-7-16(23)17(11-14)25-20(28)10-13-2-5-15(22)6-3-13/h2-9,11-12H,10H2,1H3,(H,25,28). The SMILES string of the molecule is COc1ccc2nc(-c3ccc(F)c(NC(=O)Cc4ccc(F)cc4)c3)cn2n1. The fourth-order valence-corrected chi connectivity index (χ4v) is 2.87. The van der Waals surface area contributed by atoms with Crippen LogP contribution in [0.5, 0.6) is 5.88 Å². The molecule has 2 aromatic carbocycles. The second-order valence-electron chi connectivity index (χ2n) is 6.35. The van der Waals surface area contributed by atoms with Crippen LogP contribution in [0.2, 0.25) is 0 Å². The molecule has 1 amide bonds. The van der Waals surface area contributed by atoms with Gasteiger partial charge in [-0.3, -0.25) is 4.79 Å². The number of hydrogen-bond donors (Lipinski definition) is 1. The zero-order valence-corrected chi connectivity index (χ0v) is 15.4. The summed E-state index contributed by atoms with van der Waals surface area (Å²) < 4.78 is 33.9. The molecular formula is C21H16F2N4O2. The van der Waals surface area contributed by atoms with Crippen LogP contribution in [-0.4, -0.2) is 27.6 Å². The van der Waals surface area contributed by atoms with Gasteiger partial charge in [0, 0.05) is 11.6 Å². The highest BCUT2D eigenvalue weighted by atomic mass is 19.1. The number of aromatic nitrogens is 3. The summed E-state index contributed by atoms with van der Waals surface area (Å²) in [5.41, 5.74) is 2.46. The fraction of sp³-hybridized carbons (Fsp3) is 0.0952. The van der Waals surface area contributed by atoms with Crippen LogP contribution in [0.3, 0.4) is 0 Å². The number of anilines is 1. The number of hydrogen-bond acceptors (Lipinski definition) is 4. The highest BCUT2D eigenvalue weighted by molar-refractivity contribution is 5.93. The van der Waals surface area contributed by atoms with E-state index in [9.17, 15) is 13.6 Å². The Balaban J connectivity index is 1.57. The van der Waals surface area contributed by atoms with Gasteiger partial charge < -0.3 is 10.1 Å². The van der Waals surface area contributed by atoms with E-state index in [0.29, 0.717) is 28.3 Å². The van der Waals surface area contributed by atoms with Gasteiger partial charge in [0.05, 0.1) is 31.1 Å². The molecule has 0 saturated heterocycles. The van der Waals surface area contributed by atoms with Gasteiger partial charge in [0.2, 0.25) is 11.8 Å². The Hall–Kier alpha value is -3.81. The molecule has 0 fully saturated rings. The number of ether oxygens (including phenoxy) is 1. The van der Waals surface area contributed by atoms with Crippen molar-refractivity contribution in [2.75, 3.05) is 12.4 Å². The smallest absolute Gasteiger partial charge is 0.231 e. The molecule has 2 heterocycles. The van der Waals surface area contributed by atoms with Crippen molar-refractivity contribution in [3.63, 3.8) is 0 Å². The predicted molar refractivity (Wildman–Crippen MR) is 104 cm³/mol. The van der Waals surface area contributed by atoms with Gasteiger partial charge in [-0.05, 0) is 42.0 Å². The highest BCUT2D eigenvalue weighted by Crippen LogP contribution is 2.25. The molecule has 0 aliphatic heterocycles. The van der Waals surface area contributed by atoms with Gasteiger partial charge in [-0.1, -0.05) is 12.1 Å². The van der Waals surface area contributed by atoms with Crippen molar-refractivity contribution in [2.24, 2.45) is 0 Å². The molecule has 1 N–H and O–H groups in total. The lowest BCUT2D eigenvalue weighted by Crippen LogP contribution is -2.15. The molecule has 6 nitrogen and oxygen atoms in total. The maximum atomic E-state index is 14.2. The topological polar surface area (TPSA) is 68.5 Å². The molecule has 0 aliphatic carbocycles. The molecule has 29 heavy (non-hydrogen) atoms. The van der Waals surface area contributed by atoms with E-state index in [0.717, 1.165) is 0 Å². The number of carbonyl (C=O) groups is 1. The van der Waals surface area contributed by atoms with E-state index in [1.165, 1.54) is 43.5 Å². The molecule has 4 aromatic rings. The Morgan fingerprint density at radius 1 is 1.10 bits per heavy atom. The molecule has 0 bridgehead atoms. The third-order valence-electron chi connectivity index (χ3n) is 4.32. The maximum Gasteiger partial charge on any atom is 0.231 e. The number of nitrogens with one attached hydrogen (secondary N) is 1. The minimum atomic E-state index is -0.565. The first-order valence-corrected chi connectivity index (χ1v) is 8.76. The lowest BCUT2D eigenvalue weighted by atomic mass is 10.1. The van der Waals surface area contributed by atoms with Crippen LogP contribution in [0.25, 0.3) is 16.9 Å². The highest BCUT2D eigenvalue weighted by Gasteiger charge is 2.12. The van der Waals surface area contributed by atoms with Crippen LogP contribution >= 0.6 is 0 Å². The van der Waals surface area contributed by atoms with Gasteiger partial charge in [-0.25, -0.2) is 18.3 Å². The van der Waals surface area contributed by atoms with Gasteiger partial charge in [-0.2, -0.15) is 0 Å². The first-order chi connectivity index (χ1) is 14.0. The molecule has 0 aliphatic rings. The summed E-state index contributed by atoms with van der Waals surface area (Å²) in [7, 11) is 1.52. The lowest BCUT2D eigenvalue weighted by molar-refractivity contribution is -0.115. The van der Waals surface area contributed by atoms with Gasteiger partial charge in [0.25, 0.3) is 0 Å². The van der Waals surface area contributed by atoms with Gasteiger partial charge in [0.1, 0.15) is 11.6 Å². The maximum absolute atomic E-state index is 14.2. The van der Waals surface area contributed by atoms with Crippen LogP contribution in [0.1, 0.15) is 5.56 Å². The zero-order chi connectivity index (χ0) is 20.4. The van der Waals surface area contributed by atoms with Crippen molar-refractivity contribution in [1.82, 2.24) is 14.6 Å². The second-order valence-corrected chi connectivity index (χ2v) is 6.35. The van der Waals surface area contributed by atoms with Crippen LogP contribution < -0.4 is 10.1 Å². The molecular weight excluding hydrogens is 378 g/mol. The van der Waals surface area contributed by atoms with Crippen LogP contribution in [0.15, 0.2) is 60.8 Å². The summed E-state index contributed by atoms with van der Waals surface area (Å²) in [6.45, 7) is 0. The first-order valence-electron chi connectivity index (χ1n) is 8.76. The summed E-state index contributed by atoms with van der Waals surface area (Å²) in [5.74, 6) is -0.916. The van der Waals surface area contributed by atoms with E-state index in [2.05, 4.69) is 15.4 Å². The van der Waals surface area contributed by atoms with Crippen LogP contribution in [0.4, 0.5) is 14.5 Å². The van der Waals surface area contributed by atoms with Crippen molar-refractivity contribution in [2.45, 2.75) is 6.42 Å².